The van der Waals surface area contributed by atoms with E-state index < -0.39 is 5.97 Å². The molecule has 0 radical (unpaired) electrons. The molecule has 2 aromatic rings. The molecule has 0 aliphatic rings. The fourth-order valence-corrected chi connectivity index (χ4v) is 2.57. The van der Waals surface area contributed by atoms with E-state index in [2.05, 4.69) is 0 Å². The molecule has 0 aliphatic carbocycles. The summed E-state index contributed by atoms with van der Waals surface area (Å²) in [6.07, 6.45) is -0.0572. The monoisotopic (exact) mass is 324 g/mol. The van der Waals surface area contributed by atoms with Crippen LogP contribution in [-0.4, -0.2) is 18.2 Å². The third-order valence-electron chi connectivity index (χ3n) is 3.24. The van der Waals surface area contributed by atoms with Crippen molar-refractivity contribution >= 4 is 29.2 Å². The highest BCUT2D eigenvalue weighted by atomic mass is 35.5. The van der Waals surface area contributed by atoms with Crippen LogP contribution in [0.5, 0.6) is 5.75 Å². The van der Waals surface area contributed by atoms with Gasteiger partial charge in [-0.2, -0.15) is 0 Å². The number of methoxy groups -OCH3 is 1. The number of hydrogen-bond acceptors (Lipinski definition) is 2. The van der Waals surface area contributed by atoms with Gasteiger partial charge in [0.25, 0.3) is 0 Å². The summed E-state index contributed by atoms with van der Waals surface area (Å²) in [7, 11) is 1.56. The average molecular weight is 325 g/mol. The summed E-state index contributed by atoms with van der Waals surface area (Å²) < 4.78 is 5.33. The van der Waals surface area contributed by atoms with Crippen molar-refractivity contribution in [3.05, 3.63) is 63.6 Å². The van der Waals surface area contributed by atoms with Crippen molar-refractivity contribution < 1.29 is 14.6 Å². The Morgan fingerprint density at radius 3 is 2.52 bits per heavy atom. The van der Waals surface area contributed by atoms with Gasteiger partial charge in [-0.1, -0.05) is 47.5 Å². The van der Waals surface area contributed by atoms with Gasteiger partial charge in [0.05, 0.1) is 23.6 Å². The number of carbonyl (C=O) groups is 1. The molecule has 1 atom stereocenters. The number of benzene rings is 2. The Morgan fingerprint density at radius 1 is 1.19 bits per heavy atom. The smallest absolute Gasteiger partial charge is 0.304 e. The summed E-state index contributed by atoms with van der Waals surface area (Å²) in [6.45, 7) is 0. The molecule has 0 unspecified atom stereocenters. The van der Waals surface area contributed by atoms with Gasteiger partial charge in [-0.15, -0.1) is 0 Å². The van der Waals surface area contributed by atoms with E-state index in [1.54, 1.807) is 25.3 Å². The van der Waals surface area contributed by atoms with Crippen LogP contribution in [0.2, 0.25) is 10.0 Å². The van der Waals surface area contributed by atoms with E-state index in [1.165, 1.54) is 0 Å². The van der Waals surface area contributed by atoms with Gasteiger partial charge in [-0.05, 0) is 23.8 Å². The standard InChI is InChI=1S/C16H14Cl2O3/c1-21-15-5-3-2-4-11(15)12(9-16(19)20)10-6-7-13(17)14(18)8-10/h2-8,12H,9H2,1H3,(H,19,20)/t12-/m1/s1. The van der Waals surface area contributed by atoms with Crippen LogP contribution < -0.4 is 4.74 Å². The first-order valence-electron chi connectivity index (χ1n) is 6.32. The molecule has 5 heteroatoms. The Kier molecular flexibility index (Phi) is 5.10. The predicted molar refractivity (Wildman–Crippen MR) is 83.6 cm³/mol. The molecule has 21 heavy (non-hydrogen) atoms. The molecular formula is C16H14Cl2O3. The Labute approximate surface area is 133 Å². The summed E-state index contributed by atoms with van der Waals surface area (Å²) in [5.41, 5.74) is 1.59. The van der Waals surface area contributed by atoms with E-state index in [9.17, 15) is 9.90 Å². The molecule has 0 amide bonds. The van der Waals surface area contributed by atoms with Crippen LogP contribution in [0.3, 0.4) is 0 Å². The maximum Gasteiger partial charge on any atom is 0.304 e. The second-order valence-electron chi connectivity index (χ2n) is 4.57. The van der Waals surface area contributed by atoms with Gasteiger partial charge in [0.1, 0.15) is 5.75 Å². The minimum absolute atomic E-state index is 0.0572. The van der Waals surface area contributed by atoms with Crippen LogP contribution in [0.4, 0.5) is 0 Å². The topological polar surface area (TPSA) is 46.5 Å². The van der Waals surface area contributed by atoms with Crippen molar-refractivity contribution in [3.63, 3.8) is 0 Å². The van der Waals surface area contributed by atoms with Crippen molar-refractivity contribution in [1.82, 2.24) is 0 Å². The Hall–Kier alpha value is -1.71. The molecule has 0 saturated carbocycles. The fourth-order valence-electron chi connectivity index (χ4n) is 2.27. The average Bonchev–Trinajstić information content (AvgIpc) is 2.47. The maximum absolute atomic E-state index is 11.2. The molecule has 2 rings (SSSR count). The van der Waals surface area contributed by atoms with Gasteiger partial charge in [0.15, 0.2) is 0 Å². The van der Waals surface area contributed by atoms with E-state index in [0.717, 1.165) is 11.1 Å². The summed E-state index contributed by atoms with van der Waals surface area (Å²) >= 11 is 12.0. The van der Waals surface area contributed by atoms with Crippen molar-refractivity contribution in [2.45, 2.75) is 12.3 Å². The number of rotatable bonds is 5. The van der Waals surface area contributed by atoms with Crippen LogP contribution >= 0.6 is 23.2 Å². The van der Waals surface area contributed by atoms with Crippen LogP contribution in [0.1, 0.15) is 23.5 Å². The normalized spacial score (nSPS) is 12.0. The quantitative estimate of drug-likeness (QED) is 0.873. The predicted octanol–water partition coefficient (Wildman–Crippen LogP) is 4.61. The minimum atomic E-state index is -0.892. The zero-order valence-electron chi connectivity index (χ0n) is 11.3. The second-order valence-corrected chi connectivity index (χ2v) is 5.38. The molecule has 1 N–H and O–H groups in total. The first-order valence-corrected chi connectivity index (χ1v) is 7.08. The molecule has 0 aromatic heterocycles. The van der Waals surface area contributed by atoms with Crippen molar-refractivity contribution in [2.24, 2.45) is 0 Å². The molecule has 110 valence electrons. The zero-order chi connectivity index (χ0) is 15.4. The van der Waals surface area contributed by atoms with Gasteiger partial charge in [0.2, 0.25) is 0 Å². The minimum Gasteiger partial charge on any atom is -0.496 e. The molecule has 0 spiro atoms. The molecule has 0 heterocycles. The molecule has 0 bridgehead atoms. The Morgan fingerprint density at radius 2 is 1.90 bits per heavy atom. The second kappa shape index (κ2) is 6.83. The lowest BCUT2D eigenvalue weighted by molar-refractivity contribution is -0.137. The first kappa shape index (κ1) is 15.7. The number of carboxylic acid groups (broad SMARTS) is 1. The van der Waals surface area contributed by atoms with Gasteiger partial charge in [-0.3, -0.25) is 4.79 Å². The van der Waals surface area contributed by atoms with E-state index in [4.69, 9.17) is 27.9 Å². The molecule has 0 fully saturated rings. The number of aliphatic carboxylic acids is 1. The molecule has 0 saturated heterocycles. The molecule has 0 aliphatic heterocycles. The number of hydrogen-bond donors (Lipinski definition) is 1. The van der Waals surface area contributed by atoms with Crippen molar-refractivity contribution in [2.75, 3.05) is 7.11 Å². The van der Waals surface area contributed by atoms with Crippen LogP contribution in [0, 0.1) is 0 Å². The summed E-state index contributed by atoms with van der Waals surface area (Å²) in [4.78, 5) is 11.2. The van der Waals surface area contributed by atoms with Crippen molar-refractivity contribution in [3.8, 4) is 5.75 Å². The van der Waals surface area contributed by atoms with E-state index in [-0.39, 0.29) is 12.3 Å². The lowest BCUT2D eigenvalue weighted by Crippen LogP contribution is -2.09. The van der Waals surface area contributed by atoms with Gasteiger partial charge < -0.3 is 9.84 Å². The van der Waals surface area contributed by atoms with Crippen LogP contribution in [0.25, 0.3) is 0 Å². The number of carboxylic acids is 1. The van der Waals surface area contributed by atoms with E-state index in [1.807, 2.05) is 24.3 Å². The highest BCUT2D eigenvalue weighted by Gasteiger charge is 2.21. The number of para-hydroxylation sites is 1. The molecule has 2 aromatic carbocycles. The summed E-state index contributed by atoms with van der Waals surface area (Å²) in [5.74, 6) is -0.597. The van der Waals surface area contributed by atoms with Crippen molar-refractivity contribution in [1.29, 1.82) is 0 Å². The first-order chi connectivity index (χ1) is 10.0. The SMILES string of the molecule is COc1ccccc1[C@H](CC(=O)O)c1ccc(Cl)c(Cl)c1. The van der Waals surface area contributed by atoms with Crippen LogP contribution in [0.15, 0.2) is 42.5 Å². The maximum atomic E-state index is 11.2. The van der Waals surface area contributed by atoms with Crippen LogP contribution in [-0.2, 0) is 4.79 Å². The highest BCUT2D eigenvalue weighted by Crippen LogP contribution is 2.36. The largest absolute Gasteiger partial charge is 0.496 e. The highest BCUT2D eigenvalue weighted by molar-refractivity contribution is 6.42. The van der Waals surface area contributed by atoms with E-state index >= 15 is 0 Å². The fraction of sp³-hybridized carbons (Fsp3) is 0.188. The number of halogens is 2. The summed E-state index contributed by atoms with van der Waals surface area (Å²) in [5, 5.41) is 10.0. The molecular weight excluding hydrogens is 311 g/mol. The van der Waals surface area contributed by atoms with Gasteiger partial charge >= 0.3 is 5.97 Å². The van der Waals surface area contributed by atoms with Gasteiger partial charge in [-0.25, -0.2) is 0 Å². The lowest BCUT2D eigenvalue weighted by Gasteiger charge is -2.19. The number of ether oxygens (including phenoxy) is 1. The third kappa shape index (κ3) is 3.69. The lowest BCUT2D eigenvalue weighted by atomic mass is 9.88. The Bertz CT molecular complexity index is 656. The summed E-state index contributed by atoms with van der Waals surface area (Å²) in [6, 6.07) is 12.5. The zero-order valence-corrected chi connectivity index (χ0v) is 12.9. The van der Waals surface area contributed by atoms with E-state index in [0.29, 0.717) is 15.8 Å². The van der Waals surface area contributed by atoms with Gasteiger partial charge in [0, 0.05) is 11.5 Å². The Balaban J connectivity index is 2.52. The third-order valence-corrected chi connectivity index (χ3v) is 3.98. The molecule has 3 nitrogen and oxygen atoms in total.